The van der Waals surface area contributed by atoms with Crippen LogP contribution in [0.3, 0.4) is 0 Å². The van der Waals surface area contributed by atoms with E-state index in [4.69, 9.17) is 4.98 Å². The predicted molar refractivity (Wildman–Crippen MR) is 122 cm³/mol. The number of benzene rings is 2. The van der Waals surface area contributed by atoms with Gasteiger partial charge in [-0.05, 0) is 43.0 Å². The molecule has 0 saturated carbocycles. The van der Waals surface area contributed by atoms with Crippen LogP contribution in [0, 0.1) is 6.92 Å². The average Bonchev–Trinajstić information content (AvgIpc) is 2.78. The van der Waals surface area contributed by atoms with Crippen molar-refractivity contribution < 1.29 is 4.79 Å². The van der Waals surface area contributed by atoms with Crippen molar-refractivity contribution in [3.63, 3.8) is 0 Å². The summed E-state index contributed by atoms with van der Waals surface area (Å²) in [7, 11) is 0. The zero-order chi connectivity index (χ0) is 21.8. The first-order valence-electron chi connectivity index (χ1n) is 10.8. The van der Waals surface area contributed by atoms with Crippen LogP contribution >= 0.6 is 0 Å². The van der Waals surface area contributed by atoms with Gasteiger partial charge in [0.25, 0.3) is 5.56 Å². The summed E-state index contributed by atoms with van der Waals surface area (Å²) in [6.45, 7) is 6.14. The Morgan fingerprint density at radius 2 is 1.81 bits per heavy atom. The summed E-state index contributed by atoms with van der Waals surface area (Å²) in [5.74, 6) is 0.347. The molecule has 6 heteroatoms. The molecule has 0 saturated heterocycles. The predicted octanol–water partition coefficient (Wildman–Crippen LogP) is 3.31. The van der Waals surface area contributed by atoms with E-state index < -0.39 is 0 Å². The zero-order valence-electron chi connectivity index (χ0n) is 18.1. The van der Waals surface area contributed by atoms with Crippen molar-refractivity contribution >= 4 is 11.6 Å². The Morgan fingerprint density at radius 1 is 1.06 bits per heavy atom. The van der Waals surface area contributed by atoms with Crippen molar-refractivity contribution in [3.8, 4) is 0 Å². The summed E-state index contributed by atoms with van der Waals surface area (Å²) in [5, 5.41) is 2.88. The quantitative estimate of drug-likeness (QED) is 0.670. The molecule has 4 rings (SSSR count). The fourth-order valence-corrected chi connectivity index (χ4v) is 4.03. The van der Waals surface area contributed by atoms with E-state index in [2.05, 4.69) is 29.3 Å². The highest BCUT2D eigenvalue weighted by molar-refractivity contribution is 5.90. The van der Waals surface area contributed by atoms with Crippen molar-refractivity contribution in [3.05, 3.63) is 93.2 Å². The standard InChI is InChI=1S/C25H28N4O2/c1-3-19-9-11-21(12-10-19)27-24(30)17-29-18(2)26-23-16-28(14-13-22(23)25(29)31)15-20-7-5-4-6-8-20/h4-12H,3,13-17H2,1-2H3,(H,27,30). The average molecular weight is 417 g/mol. The topological polar surface area (TPSA) is 67.2 Å². The molecule has 31 heavy (non-hydrogen) atoms. The number of hydrogen-bond donors (Lipinski definition) is 1. The lowest BCUT2D eigenvalue weighted by atomic mass is 10.1. The van der Waals surface area contributed by atoms with Gasteiger partial charge >= 0.3 is 0 Å². The highest BCUT2D eigenvalue weighted by atomic mass is 16.2. The van der Waals surface area contributed by atoms with Crippen LogP contribution in [-0.4, -0.2) is 26.9 Å². The summed E-state index contributed by atoms with van der Waals surface area (Å²) < 4.78 is 1.49. The Hall–Kier alpha value is -3.25. The molecule has 0 aliphatic carbocycles. The molecule has 0 radical (unpaired) electrons. The van der Waals surface area contributed by atoms with Crippen LogP contribution in [0.15, 0.2) is 59.4 Å². The van der Waals surface area contributed by atoms with Gasteiger partial charge in [0.15, 0.2) is 0 Å². The number of hydrogen-bond acceptors (Lipinski definition) is 4. The lowest BCUT2D eigenvalue weighted by Gasteiger charge is -2.28. The lowest BCUT2D eigenvalue weighted by Crippen LogP contribution is -2.39. The van der Waals surface area contributed by atoms with Crippen LogP contribution < -0.4 is 10.9 Å². The zero-order valence-corrected chi connectivity index (χ0v) is 18.1. The molecule has 0 spiro atoms. The normalized spacial score (nSPS) is 13.6. The van der Waals surface area contributed by atoms with Crippen LogP contribution in [-0.2, 0) is 37.3 Å². The van der Waals surface area contributed by atoms with Gasteiger partial charge in [-0.3, -0.25) is 19.1 Å². The molecule has 160 valence electrons. The summed E-state index contributed by atoms with van der Waals surface area (Å²) in [6, 6.07) is 18.1. The van der Waals surface area contributed by atoms with Crippen LogP contribution in [0.2, 0.25) is 0 Å². The number of amides is 1. The number of nitrogens with zero attached hydrogens (tertiary/aromatic N) is 3. The number of aromatic nitrogens is 2. The lowest BCUT2D eigenvalue weighted by molar-refractivity contribution is -0.116. The molecule has 1 amide bonds. The molecule has 1 aliphatic rings. The molecule has 1 aliphatic heterocycles. The molecular formula is C25H28N4O2. The Morgan fingerprint density at radius 3 is 2.52 bits per heavy atom. The Bertz CT molecular complexity index is 1120. The maximum atomic E-state index is 13.1. The first kappa shape index (κ1) is 21.0. The minimum atomic E-state index is -0.224. The highest BCUT2D eigenvalue weighted by Gasteiger charge is 2.23. The third-order valence-electron chi connectivity index (χ3n) is 5.79. The Labute approximate surface area is 182 Å². The summed E-state index contributed by atoms with van der Waals surface area (Å²) in [4.78, 5) is 32.6. The van der Waals surface area contributed by atoms with E-state index in [-0.39, 0.29) is 18.0 Å². The molecule has 0 fully saturated rings. The van der Waals surface area contributed by atoms with Gasteiger partial charge in [-0.15, -0.1) is 0 Å². The number of carbonyl (C=O) groups is 1. The number of nitrogens with one attached hydrogen (secondary N) is 1. The van der Waals surface area contributed by atoms with Crippen LogP contribution in [0.5, 0.6) is 0 Å². The number of rotatable bonds is 6. The van der Waals surface area contributed by atoms with E-state index in [1.807, 2.05) is 42.5 Å². The number of aryl methyl sites for hydroxylation is 2. The molecule has 0 atom stereocenters. The molecule has 6 nitrogen and oxygen atoms in total. The van der Waals surface area contributed by atoms with Gasteiger partial charge in [0.1, 0.15) is 12.4 Å². The van der Waals surface area contributed by atoms with Gasteiger partial charge in [-0.25, -0.2) is 4.98 Å². The molecule has 3 aromatic rings. The Kier molecular flexibility index (Phi) is 6.28. The first-order valence-corrected chi connectivity index (χ1v) is 10.8. The van der Waals surface area contributed by atoms with Crippen molar-refractivity contribution in [1.82, 2.24) is 14.5 Å². The second kappa shape index (κ2) is 9.27. The van der Waals surface area contributed by atoms with E-state index in [9.17, 15) is 9.59 Å². The number of anilines is 1. The molecule has 2 heterocycles. The monoisotopic (exact) mass is 416 g/mol. The maximum Gasteiger partial charge on any atom is 0.257 e. The number of fused-ring (bicyclic) bond motifs is 1. The molecule has 0 bridgehead atoms. The smallest absolute Gasteiger partial charge is 0.257 e. The van der Waals surface area contributed by atoms with E-state index in [1.165, 1.54) is 15.7 Å². The largest absolute Gasteiger partial charge is 0.325 e. The number of carbonyl (C=O) groups excluding carboxylic acids is 1. The molecule has 1 N–H and O–H groups in total. The molecule has 2 aromatic carbocycles. The minimum absolute atomic E-state index is 0.0335. The van der Waals surface area contributed by atoms with E-state index in [1.54, 1.807) is 6.92 Å². The third kappa shape index (κ3) is 4.91. The van der Waals surface area contributed by atoms with Crippen molar-refractivity contribution in [2.75, 3.05) is 11.9 Å². The summed E-state index contributed by atoms with van der Waals surface area (Å²) in [5.41, 5.74) is 4.66. The van der Waals surface area contributed by atoms with Crippen molar-refractivity contribution in [1.29, 1.82) is 0 Å². The minimum Gasteiger partial charge on any atom is -0.325 e. The van der Waals surface area contributed by atoms with Gasteiger partial charge in [-0.1, -0.05) is 49.4 Å². The fraction of sp³-hybridized carbons (Fsp3) is 0.320. The van der Waals surface area contributed by atoms with Gasteiger partial charge in [0.2, 0.25) is 5.91 Å². The van der Waals surface area contributed by atoms with Gasteiger partial charge < -0.3 is 5.32 Å². The first-order chi connectivity index (χ1) is 15.0. The van der Waals surface area contributed by atoms with Crippen LogP contribution in [0.1, 0.15) is 35.1 Å². The SMILES string of the molecule is CCc1ccc(NC(=O)Cn2c(C)nc3c(c2=O)CCN(Cc2ccccc2)C3)cc1. The van der Waals surface area contributed by atoms with E-state index in [0.29, 0.717) is 18.8 Å². The second-order valence-corrected chi connectivity index (χ2v) is 8.02. The van der Waals surface area contributed by atoms with Crippen molar-refractivity contribution in [2.24, 2.45) is 0 Å². The van der Waals surface area contributed by atoms with Gasteiger partial charge in [-0.2, -0.15) is 0 Å². The van der Waals surface area contributed by atoms with E-state index >= 15 is 0 Å². The Balaban J connectivity index is 1.46. The summed E-state index contributed by atoms with van der Waals surface area (Å²) in [6.07, 6.45) is 1.60. The van der Waals surface area contributed by atoms with Gasteiger partial charge in [0, 0.05) is 30.9 Å². The summed E-state index contributed by atoms with van der Waals surface area (Å²) >= 11 is 0. The van der Waals surface area contributed by atoms with Gasteiger partial charge in [0.05, 0.1) is 5.69 Å². The van der Waals surface area contributed by atoms with Crippen LogP contribution in [0.25, 0.3) is 0 Å². The van der Waals surface area contributed by atoms with Crippen molar-refractivity contribution in [2.45, 2.75) is 46.3 Å². The van der Waals surface area contributed by atoms with E-state index in [0.717, 1.165) is 36.5 Å². The fourth-order valence-electron chi connectivity index (χ4n) is 4.03. The molecular weight excluding hydrogens is 388 g/mol. The second-order valence-electron chi connectivity index (χ2n) is 8.02. The maximum absolute atomic E-state index is 13.1. The molecule has 0 unspecified atom stereocenters. The highest BCUT2D eigenvalue weighted by Crippen LogP contribution is 2.17. The molecule has 1 aromatic heterocycles. The third-order valence-corrected chi connectivity index (χ3v) is 5.79. The van der Waals surface area contributed by atoms with Crippen LogP contribution in [0.4, 0.5) is 5.69 Å².